The Morgan fingerprint density at radius 1 is 1.27 bits per heavy atom. The summed E-state index contributed by atoms with van der Waals surface area (Å²) in [4.78, 5) is 9.85. The van der Waals surface area contributed by atoms with Gasteiger partial charge in [-0.05, 0) is 12.3 Å². The Kier molecular flexibility index (Phi) is 7.42. The lowest BCUT2D eigenvalue weighted by Crippen LogP contribution is -1.97. The van der Waals surface area contributed by atoms with E-state index in [-0.39, 0.29) is 0 Å². The molecule has 1 unspecified atom stereocenters. The predicted molar refractivity (Wildman–Crippen MR) is 48.6 cm³/mol. The van der Waals surface area contributed by atoms with Gasteiger partial charge in [0.1, 0.15) is 0 Å². The van der Waals surface area contributed by atoms with E-state index in [1.807, 2.05) is 0 Å². The van der Waals surface area contributed by atoms with Gasteiger partial charge in [-0.25, -0.2) is 0 Å². The van der Waals surface area contributed by atoms with Crippen LogP contribution in [0.25, 0.3) is 0 Å². The Labute approximate surface area is 69.4 Å². The van der Waals surface area contributed by atoms with Crippen LogP contribution < -0.4 is 0 Å². The summed E-state index contributed by atoms with van der Waals surface area (Å²) in [6.45, 7) is 4.79. The van der Waals surface area contributed by atoms with Gasteiger partial charge in [-0.2, -0.15) is 4.91 Å². The highest BCUT2D eigenvalue weighted by molar-refractivity contribution is 4.55. The van der Waals surface area contributed by atoms with Crippen molar-refractivity contribution >= 4 is 0 Å². The molecule has 66 valence electrons. The number of hydrogen-bond donors (Lipinski definition) is 0. The zero-order chi connectivity index (χ0) is 8.53. The first-order valence-corrected chi connectivity index (χ1v) is 4.60. The van der Waals surface area contributed by atoms with Crippen LogP contribution in [0, 0.1) is 10.8 Å². The van der Waals surface area contributed by atoms with Gasteiger partial charge in [-0.3, -0.25) is 0 Å². The number of nitrogens with zero attached hydrogens (tertiary/aromatic N) is 1. The zero-order valence-corrected chi connectivity index (χ0v) is 7.68. The maximum atomic E-state index is 9.85. The van der Waals surface area contributed by atoms with E-state index in [0.29, 0.717) is 12.5 Å². The van der Waals surface area contributed by atoms with Crippen molar-refractivity contribution < 1.29 is 0 Å². The van der Waals surface area contributed by atoms with Gasteiger partial charge in [0.15, 0.2) is 0 Å². The van der Waals surface area contributed by atoms with E-state index in [0.717, 1.165) is 6.42 Å². The van der Waals surface area contributed by atoms with Crippen molar-refractivity contribution in [3.05, 3.63) is 4.91 Å². The second-order valence-corrected chi connectivity index (χ2v) is 3.27. The highest BCUT2D eigenvalue weighted by atomic mass is 16.3. The summed E-state index contributed by atoms with van der Waals surface area (Å²) >= 11 is 0. The van der Waals surface area contributed by atoms with Crippen LogP contribution in [0.4, 0.5) is 0 Å². The minimum absolute atomic E-state index is 0.490. The predicted octanol–water partition coefficient (Wildman–Crippen LogP) is 3.36. The topological polar surface area (TPSA) is 29.4 Å². The van der Waals surface area contributed by atoms with Crippen molar-refractivity contribution in [2.45, 2.75) is 46.0 Å². The molecular weight excluding hydrogens is 138 g/mol. The van der Waals surface area contributed by atoms with Crippen LogP contribution in [-0.2, 0) is 0 Å². The third kappa shape index (κ3) is 7.50. The molecule has 0 aliphatic carbocycles. The monoisotopic (exact) mass is 157 g/mol. The molecule has 0 saturated carbocycles. The Morgan fingerprint density at radius 2 is 2.00 bits per heavy atom. The fraction of sp³-hybridized carbons (Fsp3) is 1.00. The van der Waals surface area contributed by atoms with Gasteiger partial charge in [-0.1, -0.05) is 44.7 Å². The molecule has 0 aliphatic rings. The molecule has 0 bridgehead atoms. The van der Waals surface area contributed by atoms with Crippen molar-refractivity contribution in [1.82, 2.24) is 0 Å². The highest BCUT2D eigenvalue weighted by Gasteiger charge is 2.00. The summed E-state index contributed by atoms with van der Waals surface area (Å²) in [5.41, 5.74) is 0. The second-order valence-electron chi connectivity index (χ2n) is 3.27. The average molecular weight is 157 g/mol. The number of rotatable bonds is 7. The quantitative estimate of drug-likeness (QED) is 0.411. The Balaban J connectivity index is 3.03. The molecular formula is C9H19NO. The van der Waals surface area contributed by atoms with E-state index in [4.69, 9.17) is 0 Å². The third-order valence-corrected chi connectivity index (χ3v) is 1.94. The fourth-order valence-electron chi connectivity index (χ4n) is 1.14. The van der Waals surface area contributed by atoms with E-state index in [2.05, 4.69) is 19.0 Å². The largest absolute Gasteiger partial charge is 0.151 e. The van der Waals surface area contributed by atoms with Crippen LogP contribution in [0.2, 0.25) is 0 Å². The number of nitroso groups, excluding NO2 is 1. The van der Waals surface area contributed by atoms with Crippen molar-refractivity contribution in [3.63, 3.8) is 0 Å². The van der Waals surface area contributed by atoms with Gasteiger partial charge in [0.2, 0.25) is 0 Å². The standard InChI is InChI=1S/C9H19NO/c1-3-4-5-6-7-9(2)8-10-11/h9H,3-8H2,1-2H3. The minimum Gasteiger partial charge on any atom is -0.151 e. The molecule has 0 aromatic rings. The summed E-state index contributed by atoms with van der Waals surface area (Å²) in [5.74, 6) is 0.490. The molecule has 0 fully saturated rings. The molecule has 0 aromatic carbocycles. The van der Waals surface area contributed by atoms with Crippen molar-refractivity contribution in [3.8, 4) is 0 Å². The van der Waals surface area contributed by atoms with Crippen molar-refractivity contribution in [2.24, 2.45) is 11.1 Å². The lowest BCUT2D eigenvalue weighted by Gasteiger charge is -2.04. The second kappa shape index (κ2) is 7.70. The smallest absolute Gasteiger partial charge is 0.0836 e. The third-order valence-electron chi connectivity index (χ3n) is 1.94. The molecule has 2 nitrogen and oxygen atoms in total. The van der Waals surface area contributed by atoms with E-state index in [1.165, 1.54) is 25.7 Å². The van der Waals surface area contributed by atoms with Crippen LogP contribution in [-0.4, -0.2) is 6.54 Å². The van der Waals surface area contributed by atoms with Crippen LogP contribution in [0.5, 0.6) is 0 Å². The summed E-state index contributed by atoms with van der Waals surface area (Å²) in [6, 6.07) is 0. The summed E-state index contributed by atoms with van der Waals surface area (Å²) in [7, 11) is 0. The molecule has 0 saturated heterocycles. The maximum absolute atomic E-state index is 9.85. The SMILES string of the molecule is CCCCCCC(C)CN=O. The summed E-state index contributed by atoms with van der Waals surface area (Å²) in [6.07, 6.45) is 6.32. The van der Waals surface area contributed by atoms with Crippen LogP contribution in [0.1, 0.15) is 46.0 Å². The molecule has 0 aromatic heterocycles. The Morgan fingerprint density at radius 3 is 2.55 bits per heavy atom. The minimum atomic E-state index is 0.490. The molecule has 0 amide bonds. The molecule has 0 aliphatic heterocycles. The Hall–Kier alpha value is -0.400. The van der Waals surface area contributed by atoms with Crippen LogP contribution in [0.15, 0.2) is 5.18 Å². The maximum Gasteiger partial charge on any atom is 0.0836 e. The zero-order valence-electron chi connectivity index (χ0n) is 7.68. The van der Waals surface area contributed by atoms with Crippen LogP contribution >= 0.6 is 0 Å². The normalized spacial score (nSPS) is 12.9. The summed E-state index contributed by atoms with van der Waals surface area (Å²) in [5, 5.41) is 2.88. The van der Waals surface area contributed by atoms with Gasteiger partial charge in [-0.15, -0.1) is 0 Å². The van der Waals surface area contributed by atoms with Gasteiger partial charge >= 0.3 is 0 Å². The lowest BCUT2D eigenvalue weighted by molar-refractivity contribution is 0.498. The van der Waals surface area contributed by atoms with E-state index in [1.54, 1.807) is 0 Å². The number of unbranched alkanes of at least 4 members (excludes halogenated alkanes) is 3. The lowest BCUT2D eigenvalue weighted by atomic mass is 10.0. The van der Waals surface area contributed by atoms with E-state index < -0.39 is 0 Å². The van der Waals surface area contributed by atoms with Gasteiger partial charge in [0.05, 0.1) is 6.54 Å². The first-order chi connectivity index (χ1) is 5.31. The van der Waals surface area contributed by atoms with E-state index >= 15 is 0 Å². The van der Waals surface area contributed by atoms with Gasteiger partial charge in [0, 0.05) is 0 Å². The van der Waals surface area contributed by atoms with Crippen molar-refractivity contribution in [1.29, 1.82) is 0 Å². The molecule has 11 heavy (non-hydrogen) atoms. The fourth-order valence-corrected chi connectivity index (χ4v) is 1.14. The van der Waals surface area contributed by atoms with Gasteiger partial charge < -0.3 is 0 Å². The molecule has 0 rings (SSSR count). The Bertz CT molecular complexity index is 93.6. The van der Waals surface area contributed by atoms with Gasteiger partial charge in [0.25, 0.3) is 0 Å². The number of hydrogen-bond acceptors (Lipinski definition) is 2. The first-order valence-electron chi connectivity index (χ1n) is 4.60. The molecule has 0 N–H and O–H groups in total. The molecule has 0 spiro atoms. The van der Waals surface area contributed by atoms with Crippen molar-refractivity contribution in [2.75, 3.05) is 6.54 Å². The first kappa shape index (κ1) is 10.6. The summed E-state index contributed by atoms with van der Waals surface area (Å²) < 4.78 is 0. The molecule has 1 atom stereocenters. The molecule has 2 heteroatoms. The molecule has 0 radical (unpaired) electrons. The molecule has 0 heterocycles. The van der Waals surface area contributed by atoms with E-state index in [9.17, 15) is 4.91 Å². The van der Waals surface area contributed by atoms with Crippen LogP contribution in [0.3, 0.4) is 0 Å². The highest BCUT2D eigenvalue weighted by Crippen LogP contribution is 2.10. The average Bonchev–Trinajstić information content (AvgIpc) is 1.99.